The number of rotatable bonds is 8. The second kappa shape index (κ2) is 9.05. The smallest absolute Gasteiger partial charge is 0.257 e. The Morgan fingerprint density at radius 1 is 1.11 bits per heavy atom. The van der Waals surface area contributed by atoms with Gasteiger partial charge in [0.1, 0.15) is 0 Å². The van der Waals surface area contributed by atoms with Gasteiger partial charge in [-0.15, -0.1) is 10.2 Å². The van der Waals surface area contributed by atoms with Crippen molar-refractivity contribution >= 4 is 17.8 Å². The van der Waals surface area contributed by atoms with Gasteiger partial charge in [0, 0.05) is 16.1 Å². The van der Waals surface area contributed by atoms with Crippen molar-refractivity contribution in [3.8, 4) is 23.0 Å². The van der Waals surface area contributed by atoms with Crippen molar-refractivity contribution in [3.05, 3.63) is 58.9 Å². The van der Waals surface area contributed by atoms with Crippen molar-refractivity contribution in [2.75, 3.05) is 13.7 Å². The minimum atomic E-state index is 0.0608. The van der Waals surface area contributed by atoms with Crippen LogP contribution in [0.5, 0.6) is 11.5 Å². The number of aromatic nitrogens is 2. The maximum absolute atomic E-state index is 5.87. The van der Waals surface area contributed by atoms with Gasteiger partial charge in [-0.2, -0.15) is 0 Å². The number of hydrogen-bond acceptors (Lipinski definition) is 7. The van der Waals surface area contributed by atoms with Gasteiger partial charge in [0.2, 0.25) is 5.89 Å². The predicted octanol–water partition coefficient (Wildman–Crippen LogP) is 4.35. The molecule has 0 amide bonds. The van der Waals surface area contributed by atoms with E-state index < -0.39 is 0 Å². The Morgan fingerprint density at radius 3 is 2.67 bits per heavy atom. The van der Waals surface area contributed by atoms with Gasteiger partial charge in [-0.05, 0) is 49.4 Å². The van der Waals surface area contributed by atoms with E-state index in [0.29, 0.717) is 34.9 Å². The van der Waals surface area contributed by atoms with Crippen LogP contribution in [-0.2, 0) is 11.4 Å². The number of ether oxygens (including phenoxy) is 2. The van der Waals surface area contributed by atoms with E-state index in [-0.39, 0.29) is 6.61 Å². The molecular formula is C19H18ClN3O4. The van der Waals surface area contributed by atoms with Crippen LogP contribution in [0.1, 0.15) is 18.4 Å². The third-order valence-corrected chi connectivity index (χ3v) is 3.76. The summed E-state index contributed by atoms with van der Waals surface area (Å²) in [6.07, 6.45) is 1.56. The summed E-state index contributed by atoms with van der Waals surface area (Å²) >= 11 is 5.87. The summed E-state index contributed by atoms with van der Waals surface area (Å²) in [6.45, 7) is 2.54. The molecule has 0 saturated carbocycles. The Hall–Kier alpha value is -3.06. The molecule has 0 aliphatic carbocycles. The second-order valence-corrected chi connectivity index (χ2v) is 5.80. The molecule has 1 aromatic heterocycles. The van der Waals surface area contributed by atoms with Gasteiger partial charge in [0.25, 0.3) is 5.89 Å². The largest absolute Gasteiger partial charge is 0.493 e. The predicted molar refractivity (Wildman–Crippen MR) is 101 cm³/mol. The van der Waals surface area contributed by atoms with Gasteiger partial charge in [0.05, 0.1) is 19.9 Å². The summed E-state index contributed by atoms with van der Waals surface area (Å²) in [5.41, 5.74) is 1.59. The lowest BCUT2D eigenvalue weighted by Gasteiger charge is -2.09. The van der Waals surface area contributed by atoms with Crippen LogP contribution in [0, 0.1) is 0 Å². The standard InChI is InChI=1S/C19H18ClN3O4/c1-3-25-16-9-4-13(10-17(16)24-2)11-21-26-12-18-22-23-19(27-18)14-5-7-15(20)8-6-14/h4-11H,3,12H2,1-2H3/b21-11-. The highest BCUT2D eigenvalue weighted by atomic mass is 35.5. The number of halogens is 1. The molecule has 27 heavy (non-hydrogen) atoms. The summed E-state index contributed by atoms with van der Waals surface area (Å²) in [4.78, 5) is 5.22. The SMILES string of the molecule is CCOc1ccc(/C=N\OCc2nnc(-c3ccc(Cl)cc3)o2)cc1OC. The van der Waals surface area contributed by atoms with E-state index in [1.54, 1.807) is 37.6 Å². The van der Waals surface area contributed by atoms with Gasteiger partial charge >= 0.3 is 0 Å². The van der Waals surface area contributed by atoms with Crippen LogP contribution in [0.2, 0.25) is 5.02 Å². The molecule has 7 nitrogen and oxygen atoms in total. The van der Waals surface area contributed by atoms with Crippen molar-refractivity contribution in [1.29, 1.82) is 0 Å². The van der Waals surface area contributed by atoms with Crippen molar-refractivity contribution in [1.82, 2.24) is 10.2 Å². The molecule has 1 heterocycles. The molecule has 0 aliphatic rings. The summed E-state index contributed by atoms with van der Waals surface area (Å²) < 4.78 is 16.3. The van der Waals surface area contributed by atoms with Crippen LogP contribution in [0.25, 0.3) is 11.5 Å². The zero-order chi connectivity index (χ0) is 19.1. The molecule has 0 bridgehead atoms. The van der Waals surface area contributed by atoms with E-state index in [1.165, 1.54) is 0 Å². The quantitative estimate of drug-likeness (QED) is 0.422. The number of benzene rings is 2. The molecule has 0 N–H and O–H groups in total. The summed E-state index contributed by atoms with van der Waals surface area (Å²) in [5.74, 6) is 2.02. The first-order chi connectivity index (χ1) is 13.2. The number of hydrogen-bond donors (Lipinski definition) is 0. The van der Waals surface area contributed by atoms with Gasteiger partial charge in [-0.3, -0.25) is 0 Å². The van der Waals surface area contributed by atoms with E-state index >= 15 is 0 Å². The average Bonchev–Trinajstić information content (AvgIpc) is 3.16. The topological polar surface area (TPSA) is 79.0 Å². The van der Waals surface area contributed by atoms with Crippen molar-refractivity contribution in [3.63, 3.8) is 0 Å². The number of methoxy groups -OCH3 is 1. The van der Waals surface area contributed by atoms with Crippen LogP contribution >= 0.6 is 11.6 Å². The van der Waals surface area contributed by atoms with Crippen molar-refractivity contribution in [2.45, 2.75) is 13.5 Å². The summed E-state index contributed by atoms with van der Waals surface area (Å²) in [7, 11) is 1.59. The Kier molecular flexibility index (Phi) is 6.27. The highest BCUT2D eigenvalue weighted by Gasteiger charge is 2.09. The fourth-order valence-corrected chi connectivity index (χ4v) is 2.38. The van der Waals surface area contributed by atoms with Crippen LogP contribution in [0.3, 0.4) is 0 Å². The monoisotopic (exact) mass is 387 g/mol. The highest BCUT2D eigenvalue weighted by molar-refractivity contribution is 6.30. The lowest BCUT2D eigenvalue weighted by atomic mass is 10.2. The third-order valence-electron chi connectivity index (χ3n) is 3.51. The summed E-state index contributed by atoms with van der Waals surface area (Å²) in [5, 5.41) is 12.5. The van der Waals surface area contributed by atoms with Crippen molar-refractivity contribution in [2.24, 2.45) is 5.16 Å². The van der Waals surface area contributed by atoms with Crippen molar-refractivity contribution < 1.29 is 18.7 Å². The van der Waals surface area contributed by atoms with Gasteiger partial charge in [-0.25, -0.2) is 0 Å². The Labute approximate surface area is 161 Å². The molecule has 0 unspecified atom stereocenters. The maximum atomic E-state index is 5.87. The van der Waals surface area contributed by atoms with Crippen LogP contribution in [-0.4, -0.2) is 30.1 Å². The fraction of sp³-hybridized carbons (Fsp3) is 0.211. The van der Waals surface area contributed by atoms with Crippen LogP contribution in [0.15, 0.2) is 52.0 Å². The molecule has 0 saturated heterocycles. The normalized spacial score (nSPS) is 10.9. The number of oxime groups is 1. The first kappa shape index (κ1) is 18.7. The molecule has 3 aromatic rings. The van der Waals surface area contributed by atoms with E-state index in [1.807, 2.05) is 25.1 Å². The highest BCUT2D eigenvalue weighted by Crippen LogP contribution is 2.27. The zero-order valence-corrected chi connectivity index (χ0v) is 15.6. The lowest BCUT2D eigenvalue weighted by Crippen LogP contribution is -1.96. The van der Waals surface area contributed by atoms with Crippen LogP contribution in [0.4, 0.5) is 0 Å². The first-order valence-corrected chi connectivity index (χ1v) is 8.62. The van der Waals surface area contributed by atoms with Crippen LogP contribution < -0.4 is 9.47 Å². The first-order valence-electron chi connectivity index (χ1n) is 8.24. The zero-order valence-electron chi connectivity index (χ0n) is 14.9. The number of nitrogens with zero attached hydrogens (tertiary/aromatic N) is 3. The van der Waals surface area contributed by atoms with Gasteiger partial charge in [-0.1, -0.05) is 16.8 Å². The minimum Gasteiger partial charge on any atom is -0.493 e. The lowest BCUT2D eigenvalue weighted by molar-refractivity contribution is 0.112. The second-order valence-electron chi connectivity index (χ2n) is 5.36. The minimum absolute atomic E-state index is 0.0608. The Balaban J connectivity index is 1.57. The molecule has 2 aromatic carbocycles. The van der Waals surface area contributed by atoms with Gasteiger partial charge < -0.3 is 18.7 Å². The maximum Gasteiger partial charge on any atom is 0.257 e. The average molecular weight is 388 g/mol. The molecule has 0 fully saturated rings. The molecule has 0 atom stereocenters. The van der Waals surface area contributed by atoms with E-state index in [2.05, 4.69) is 15.4 Å². The molecule has 8 heteroatoms. The molecule has 0 radical (unpaired) electrons. The third kappa shape index (κ3) is 4.98. The Morgan fingerprint density at radius 2 is 1.93 bits per heavy atom. The van der Waals surface area contributed by atoms with E-state index in [9.17, 15) is 0 Å². The molecule has 0 spiro atoms. The molecule has 140 valence electrons. The molecule has 3 rings (SSSR count). The van der Waals surface area contributed by atoms with Gasteiger partial charge in [0.15, 0.2) is 18.1 Å². The van der Waals surface area contributed by atoms with E-state index in [4.69, 9.17) is 30.3 Å². The Bertz CT molecular complexity index is 910. The molecule has 0 aliphatic heterocycles. The fourth-order valence-electron chi connectivity index (χ4n) is 2.25. The molecular weight excluding hydrogens is 370 g/mol. The summed E-state index contributed by atoms with van der Waals surface area (Å²) in [6, 6.07) is 12.6. The van der Waals surface area contributed by atoms with E-state index in [0.717, 1.165) is 11.1 Å².